The Labute approximate surface area is 132 Å². The average molecular weight is 296 g/mol. The largest absolute Gasteiger partial charge is 0.367 e. The van der Waals surface area contributed by atoms with Crippen LogP contribution in [-0.2, 0) is 6.42 Å². The molecule has 2 aromatic rings. The van der Waals surface area contributed by atoms with Crippen LogP contribution in [0.4, 0.5) is 17.3 Å². The smallest absolute Gasteiger partial charge is 0.139 e. The fraction of sp³-hybridized carbons (Fsp3) is 0.444. The van der Waals surface area contributed by atoms with Gasteiger partial charge in [0.05, 0.1) is 0 Å². The van der Waals surface area contributed by atoms with E-state index in [1.165, 1.54) is 11.3 Å². The molecule has 1 aromatic carbocycles. The van der Waals surface area contributed by atoms with Crippen LogP contribution < -0.4 is 10.2 Å². The lowest BCUT2D eigenvalue weighted by Gasteiger charge is -2.25. The van der Waals surface area contributed by atoms with Crippen LogP contribution >= 0.6 is 0 Å². The SMILES string of the molecule is CCC(C)Nc1cc(N2c3ccccc3CC2C)nc(C)n1. The molecule has 2 atom stereocenters. The minimum atomic E-state index is 0.408. The molecular weight excluding hydrogens is 272 g/mol. The topological polar surface area (TPSA) is 41.0 Å². The standard InChI is InChI=1S/C18H24N4/c1-5-12(2)19-17-11-18(21-14(4)20-17)22-13(3)10-15-8-6-7-9-16(15)22/h6-9,11-13H,5,10H2,1-4H3,(H,19,20,21). The van der Waals surface area contributed by atoms with Crippen LogP contribution in [0.25, 0.3) is 0 Å². The number of hydrogen-bond donors (Lipinski definition) is 1. The molecule has 0 aliphatic carbocycles. The first kappa shape index (κ1) is 14.8. The van der Waals surface area contributed by atoms with E-state index in [9.17, 15) is 0 Å². The zero-order valence-corrected chi connectivity index (χ0v) is 13.8. The summed E-state index contributed by atoms with van der Waals surface area (Å²) in [4.78, 5) is 11.5. The zero-order chi connectivity index (χ0) is 15.7. The van der Waals surface area contributed by atoms with Crippen LogP contribution in [0.5, 0.6) is 0 Å². The number of nitrogens with one attached hydrogen (secondary N) is 1. The Hall–Kier alpha value is -2.10. The number of hydrogen-bond acceptors (Lipinski definition) is 4. The molecule has 1 aliphatic heterocycles. The first-order chi connectivity index (χ1) is 10.6. The van der Waals surface area contributed by atoms with Gasteiger partial charge in [0.1, 0.15) is 17.5 Å². The van der Waals surface area contributed by atoms with E-state index >= 15 is 0 Å². The molecule has 0 spiro atoms. The van der Waals surface area contributed by atoms with Crippen molar-refractivity contribution in [1.29, 1.82) is 0 Å². The molecule has 3 rings (SSSR count). The predicted molar refractivity (Wildman–Crippen MR) is 91.9 cm³/mol. The summed E-state index contributed by atoms with van der Waals surface area (Å²) in [5.41, 5.74) is 2.66. The highest BCUT2D eigenvalue weighted by Gasteiger charge is 2.28. The van der Waals surface area contributed by atoms with Crippen molar-refractivity contribution in [2.75, 3.05) is 10.2 Å². The molecule has 0 saturated heterocycles. The number of nitrogens with zero attached hydrogens (tertiary/aromatic N) is 3. The molecule has 0 bridgehead atoms. The molecule has 22 heavy (non-hydrogen) atoms. The van der Waals surface area contributed by atoms with Crippen molar-refractivity contribution in [1.82, 2.24) is 9.97 Å². The van der Waals surface area contributed by atoms with E-state index in [2.05, 4.69) is 71.3 Å². The van der Waals surface area contributed by atoms with Crippen LogP contribution in [0.15, 0.2) is 30.3 Å². The van der Waals surface area contributed by atoms with Gasteiger partial charge in [0.15, 0.2) is 0 Å². The normalized spacial score (nSPS) is 18.2. The summed E-state index contributed by atoms with van der Waals surface area (Å²) >= 11 is 0. The second kappa shape index (κ2) is 5.95. The van der Waals surface area contributed by atoms with Crippen molar-refractivity contribution >= 4 is 17.3 Å². The van der Waals surface area contributed by atoms with Crippen LogP contribution in [-0.4, -0.2) is 22.1 Å². The van der Waals surface area contributed by atoms with Crippen LogP contribution in [0.3, 0.4) is 0 Å². The van der Waals surface area contributed by atoms with Gasteiger partial charge in [-0.1, -0.05) is 25.1 Å². The lowest BCUT2D eigenvalue weighted by molar-refractivity contribution is 0.741. The quantitative estimate of drug-likeness (QED) is 0.923. The van der Waals surface area contributed by atoms with Gasteiger partial charge >= 0.3 is 0 Å². The van der Waals surface area contributed by atoms with Crippen molar-refractivity contribution in [2.24, 2.45) is 0 Å². The van der Waals surface area contributed by atoms with E-state index in [-0.39, 0.29) is 0 Å². The fourth-order valence-electron chi connectivity index (χ4n) is 3.02. The Morgan fingerprint density at radius 3 is 2.86 bits per heavy atom. The number of para-hydroxylation sites is 1. The summed E-state index contributed by atoms with van der Waals surface area (Å²) in [6.45, 7) is 8.55. The van der Waals surface area contributed by atoms with E-state index in [0.717, 1.165) is 30.3 Å². The van der Waals surface area contributed by atoms with Crippen LogP contribution in [0, 0.1) is 6.92 Å². The van der Waals surface area contributed by atoms with E-state index in [1.54, 1.807) is 0 Å². The minimum absolute atomic E-state index is 0.408. The van der Waals surface area contributed by atoms with Gasteiger partial charge in [-0.2, -0.15) is 0 Å². The molecule has 1 aliphatic rings. The summed E-state index contributed by atoms with van der Waals surface area (Å²) in [5.74, 6) is 2.70. The van der Waals surface area contributed by atoms with Crippen molar-refractivity contribution in [3.63, 3.8) is 0 Å². The molecule has 0 fully saturated rings. The highest BCUT2D eigenvalue weighted by molar-refractivity contribution is 5.70. The average Bonchev–Trinajstić information content (AvgIpc) is 2.82. The fourth-order valence-corrected chi connectivity index (χ4v) is 3.02. The van der Waals surface area contributed by atoms with Crippen molar-refractivity contribution in [2.45, 2.75) is 52.6 Å². The van der Waals surface area contributed by atoms with Crippen LogP contribution in [0.1, 0.15) is 38.6 Å². The van der Waals surface area contributed by atoms with Gasteiger partial charge in [0.2, 0.25) is 0 Å². The molecule has 2 unspecified atom stereocenters. The molecule has 1 N–H and O–H groups in total. The van der Waals surface area contributed by atoms with Gasteiger partial charge in [-0.25, -0.2) is 9.97 Å². The number of fused-ring (bicyclic) bond motifs is 1. The van der Waals surface area contributed by atoms with Gasteiger partial charge in [-0.15, -0.1) is 0 Å². The number of benzene rings is 1. The van der Waals surface area contributed by atoms with E-state index < -0.39 is 0 Å². The van der Waals surface area contributed by atoms with Gasteiger partial charge in [-0.3, -0.25) is 0 Å². The molecule has 4 nitrogen and oxygen atoms in total. The number of aromatic nitrogens is 2. The lowest BCUT2D eigenvalue weighted by Crippen LogP contribution is -2.25. The molecular formula is C18H24N4. The Balaban J connectivity index is 1.98. The molecule has 1 aromatic heterocycles. The van der Waals surface area contributed by atoms with Gasteiger partial charge in [0.25, 0.3) is 0 Å². The highest BCUT2D eigenvalue weighted by atomic mass is 15.2. The first-order valence-corrected chi connectivity index (χ1v) is 8.08. The third-order valence-corrected chi connectivity index (χ3v) is 4.29. The van der Waals surface area contributed by atoms with Crippen LogP contribution in [0.2, 0.25) is 0 Å². The van der Waals surface area contributed by atoms with E-state index in [0.29, 0.717) is 12.1 Å². The first-order valence-electron chi connectivity index (χ1n) is 8.08. The van der Waals surface area contributed by atoms with Crippen molar-refractivity contribution < 1.29 is 0 Å². The summed E-state index contributed by atoms with van der Waals surface area (Å²) in [6, 6.07) is 11.5. The molecule has 0 radical (unpaired) electrons. The maximum Gasteiger partial charge on any atom is 0.139 e. The van der Waals surface area contributed by atoms with Crippen molar-refractivity contribution in [3.05, 3.63) is 41.7 Å². The summed E-state index contributed by atoms with van der Waals surface area (Å²) in [7, 11) is 0. The zero-order valence-electron chi connectivity index (χ0n) is 13.8. The molecule has 4 heteroatoms. The summed E-state index contributed by atoms with van der Waals surface area (Å²) < 4.78 is 0. The molecule has 0 saturated carbocycles. The third-order valence-electron chi connectivity index (χ3n) is 4.29. The Bertz CT molecular complexity index is 668. The molecule has 2 heterocycles. The van der Waals surface area contributed by atoms with E-state index in [4.69, 9.17) is 0 Å². The maximum atomic E-state index is 4.67. The van der Waals surface area contributed by atoms with E-state index in [1.807, 2.05) is 6.92 Å². The van der Waals surface area contributed by atoms with Gasteiger partial charge in [0, 0.05) is 23.8 Å². The molecule has 0 amide bonds. The number of rotatable bonds is 4. The Morgan fingerprint density at radius 1 is 1.32 bits per heavy atom. The second-order valence-electron chi connectivity index (χ2n) is 6.16. The van der Waals surface area contributed by atoms with Gasteiger partial charge < -0.3 is 10.2 Å². The van der Waals surface area contributed by atoms with Gasteiger partial charge in [-0.05, 0) is 45.2 Å². The Morgan fingerprint density at radius 2 is 2.09 bits per heavy atom. The monoisotopic (exact) mass is 296 g/mol. The molecule has 116 valence electrons. The predicted octanol–water partition coefficient (Wildman–Crippen LogP) is 4.08. The number of anilines is 3. The Kier molecular flexibility index (Phi) is 4.01. The highest BCUT2D eigenvalue weighted by Crippen LogP contribution is 2.37. The number of aryl methyl sites for hydroxylation is 1. The third kappa shape index (κ3) is 2.78. The van der Waals surface area contributed by atoms with Crippen molar-refractivity contribution in [3.8, 4) is 0 Å². The minimum Gasteiger partial charge on any atom is -0.367 e. The maximum absolute atomic E-state index is 4.67. The summed E-state index contributed by atoms with van der Waals surface area (Å²) in [6.07, 6.45) is 2.13. The lowest BCUT2D eigenvalue weighted by atomic mass is 10.1. The summed E-state index contributed by atoms with van der Waals surface area (Å²) in [5, 5.41) is 3.46. The second-order valence-corrected chi connectivity index (χ2v) is 6.16.